The zero-order valence-electron chi connectivity index (χ0n) is 11.8. The van der Waals surface area contributed by atoms with Gasteiger partial charge in [-0.1, -0.05) is 24.3 Å². The van der Waals surface area contributed by atoms with Crippen LogP contribution in [-0.2, 0) is 6.54 Å². The Hall–Kier alpha value is -1.81. The van der Waals surface area contributed by atoms with Gasteiger partial charge >= 0.3 is 0 Å². The summed E-state index contributed by atoms with van der Waals surface area (Å²) in [4.78, 5) is 7.96. The van der Waals surface area contributed by atoms with Crippen molar-refractivity contribution >= 4 is 17.3 Å². The summed E-state index contributed by atoms with van der Waals surface area (Å²) >= 11 is 1.76. The Balaban J connectivity index is 1.86. The Morgan fingerprint density at radius 2 is 2.15 bits per heavy atom. The molecular formula is C16H19N3S. The summed E-state index contributed by atoms with van der Waals surface area (Å²) in [5.41, 5.74) is 10.0. The summed E-state index contributed by atoms with van der Waals surface area (Å²) in [5.74, 6) is 0.654. The minimum Gasteiger partial charge on any atom is -0.370 e. The number of hydrogen-bond acceptors (Lipinski definition) is 4. The first-order valence-corrected chi connectivity index (χ1v) is 7.69. The van der Waals surface area contributed by atoms with Crippen molar-refractivity contribution in [1.29, 1.82) is 0 Å². The van der Waals surface area contributed by atoms with Gasteiger partial charge < -0.3 is 10.6 Å². The highest BCUT2D eigenvalue weighted by Crippen LogP contribution is 2.29. The monoisotopic (exact) mass is 285 g/mol. The van der Waals surface area contributed by atoms with Crippen LogP contribution < -0.4 is 5.73 Å². The molecule has 2 N–H and O–H groups in total. The van der Waals surface area contributed by atoms with Gasteiger partial charge in [-0.3, -0.25) is 4.99 Å². The number of benzene rings is 1. The first kappa shape index (κ1) is 13.2. The third-order valence-electron chi connectivity index (χ3n) is 3.92. The Morgan fingerprint density at radius 3 is 2.85 bits per heavy atom. The van der Waals surface area contributed by atoms with Crippen molar-refractivity contribution in [2.45, 2.75) is 26.4 Å². The molecule has 2 heterocycles. The number of nitrogens with two attached hydrogens (primary N) is 1. The van der Waals surface area contributed by atoms with Gasteiger partial charge in [0.05, 0.1) is 19.1 Å². The van der Waals surface area contributed by atoms with Crippen LogP contribution in [-0.4, -0.2) is 17.4 Å². The zero-order chi connectivity index (χ0) is 14.1. The molecule has 1 aromatic carbocycles. The topological polar surface area (TPSA) is 41.6 Å². The predicted molar refractivity (Wildman–Crippen MR) is 85.0 cm³/mol. The molecule has 0 radical (unpaired) electrons. The number of thiophene rings is 1. The molecule has 0 saturated carbocycles. The summed E-state index contributed by atoms with van der Waals surface area (Å²) in [5, 5.41) is 2.10. The molecule has 1 aliphatic heterocycles. The van der Waals surface area contributed by atoms with Crippen LogP contribution in [0.3, 0.4) is 0 Å². The number of aliphatic imine (C=N–C) groups is 1. The second kappa shape index (κ2) is 5.29. The van der Waals surface area contributed by atoms with E-state index in [0.717, 1.165) is 13.1 Å². The normalized spacial score (nSPS) is 18.4. The average Bonchev–Trinajstić information content (AvgIpc) is 3.05. The lowest BCUT2D eigenvalue weighted by Gasteiger charge is -2.26. The summed E-state index contributed by atoms with van der Waals surface area (Å²) < 4.78 is 0. The fraction of sp³-hybridized carbons (Fsp3) is 0.312. The van der Waals surface area contributed by atoms with Crippen LogP contribution in [0, 0.1) is 13.8 Å². The van der Waals surface area contributed by atoms with E-state index < -0.39 is 0 Å². The van der Waals surface area contributed by atoms with E-state index in [4.69, 9.17) is 5.73 Å². The smallest absolute Gasteiger partial charge is 0.192 e. The second-order valence-electron chi connectivity index (χ2n) is 5.27. The van der Waals surface area contributed by atoms with E-state index in [2.05, 4.69) is 59.5 Å². The predicted octanol–water partition coefficient (Wildman–Crippen LogP) is 3.24. The number of nitrogens with zero attached hydrogens (tertiary/aromatic N) is 2. The van der Waals surface area contributed by atoms with Gasteiger partial charge in [-0.2, -0.15) is 0 Å². The van der Waals surface area contributed by atoms with Gasteiger partial charge in [0, 0.05) is 4.88 Å². The minimum atomic E-state index is 0.261. The lowest BCUT2D eigenvalue weighted by molar-refractivity contribution is 0.343. The van der Waals surface area contributed by atoms with Gasteiger partial charge in [0.2, 0.25) is 0 Å². The Labute approximate surface area is 123 Å². The minimum absolute atomic E-state index is 0.261. The van der Waals surface area contributed by atoms with E-state index in [1.165, 1.54) is 21.6 Å². The van der Waals surface area contributed by atoms with Crippen LogP contribution in [0.1, 0.15) is 27.6 Å². The fourth-order valence-corrected chi connectivity index (χ4v) is 3.25. The van der Waals surface area contributed by atoms with Gasteiger partial charge in [0.15, 0.2) is 5.96 Å². The van der Waals surface area contributed by atoms with E-state index in [-0.39, 0.29) is 6.04 Å². The van der Waals surface area contributed by atoms with Crippen molar-refractivity contribution in [3.63, 3.8) is 0 Å². The van der Waals surface area contributed by atoms with E-state index >= 15 is 0 Å². The number of guanidine groups is 1. The van der Waals surface area contributed by atoms with Crippen LogP contribution >= 0.6 is 11.3 Å². The molecule has 0 spiro atoms. The first-order chi connectivity index (χ1) is 9.65. The van der Waals surface area contributed by atoms with Gasteiger partial charge in [-0.05, 0) is 42.0 Å². The molecule has 1 atom stereocenters. The average molecular weight is 285 g/mol. The third-order valence-corrected chi connectivity index (χ3v) is 4.78. The molecule has 0 bridgehead atoms. The van der Waals surface area contributed by atoms with Crippen LogP contribution in [0.2, 0.25) is 0 Å². The van der Waals surface area contributed by atoms with E-state index in [1.54, 1.807) is 11.3 Å². The maximum atomic E-state index is 6.07. The van der Waals surface area contributed by atoms with Crippen LogP contribution in [0.25, 0.3) is 0 Å². The summed E-state index contributed by atoms with van der Waals surface area (Å²) in [6.45, 7) is 5.88. The van der Waals surface area contributed by atoms with E-state index in [9.17, 15) is 0 Å². The quantitative estimate of drug-likeness (QED) is 0.940. The molecule has 3 rings (SSSR count). The Kier molecular flexibility index (Phi) is 3.49. The molecule has 0 aliphatic carbocycles. The van der Waals surface area contributed by atoms with Crippen molar-refractivity contribution in [3.05, 3.63) is 57.3 Å². The van der Waals surface area contributed by atoms with Crippen LogP contribution in [0.4, 0.5) is 0 Å². The number of rotatable bonds is 3. The van der Waals surface area contributed by atoms with Crippen molar-refractivity contribution in [2.24, 2.45) is 10.7 Å². The molecule has 104 valence electrons. The fourth-order valence-electron chi connectivity index (χ4n) is 2.55. The summed E-state index contributed by atoms with van der Waals surface area (Å²) in [6, 6.07) is 11.1. The molecule has 1 unspecified atom stereocenters. The van der Waals surface area contributed by atoms with Gasteiger partial charge in [-0.15, -0.1) is 11.3 Å². The Morgan fingerprint density at radius 1 is 1.30 bits per heavy atom. The summed E-state index contributed by atoms with van der Waals surface area (Å²) in [7, 11) is 0. The molecule has 1 aliphatic rings. The van der Waals surface area contributed by atoms with Crippen molar-refractivity contribution in [3.8, 4) is 0 Å². The maximum Gasteiger partial charge on any atom is 0.192 e. The van der Waals surface area contributed by atoms with Crippen LogP contribution in [0.15, 0.2) is 40.7 Å². The van der Waals surface area contributed by atoms with Gasteiger partial charge in [0.1, 0.15) is 0 Å². The zero-order valence-corrected chi connectivity index (χ0v) is 12.7. The summed E-state index contributed by atoms with van der Waals surface area (Å²) in [6.07, 6.45) is 0. The van der Waals surface area contributed by atoms with Gasteiger partial charge in [0.25, 0.3) is 0 Å². The molecular weight excluding hydrogens is 266 g/mol. The first-order valence-electron chi connectivity index (χ1n) is 6.81. The lowest BCUT2D eigenvalue weighted by Crippen LogP contribution is -2.35. The molecule has 0 amide bonds. The maximum absolute atomic E-state index is 6.07. The SMILES string of the molecule is Cc1ccc(C2CN=C(N)N2Cc2cccs2)cc1C. The molecule has 0 fully saturated rings. The molecule has 1 aromatic heterocycles. The highest BCUT2D eigenvalue weighted by molar-refractivity contribution is 7.09. The molecule has 20 heavy (non-hydrogen) atoms. The molecule has 3 nitrogen and oxygen atoms in total. The van der Waals surface area contributed by atoms with Crippen molar-refractivity contribution < 1.29 is 0 Å². The Bertz CT molecular complexity index is 631. The highest BCUT2D eigenvalue weighted by Gasteiger charge is 2.27. The van der Waals surface area contributed by atoms with E-state index in [1.807, 2.05) is 0 Å². The third kappa shape index (κ3) is 2.43. The molecule has 0 saturated heterocycles. The largest absolute Gasteiger partial charge is 0.370 e. The highest BCUT2D eigenvalue weighted by atomic mass is 32.1. The molecule has 4 heteroatoms. The van der Waals surface area contributed by atoms with Gasteiger partial charge in [-0.25, -0.2) is 0 Å². The van der Waals surface area contributed by atoms with Crippen LogP contribution in [0.5, 0.6) is 0 Å². The van der Waals surface area contributed by atoms with Crippen molar-refractivity contribution in [1.82, 2.24) is 4.90 Å². The second-order valence-corrected chi connectivity index (χ2v) is 6.30. The number of hydrogen-bond donors (Lipinski definition) is 1. The number of aryl methyl sites for hydroxylation is 2. The van der Waals surface area contributed by atoms with Crippen molar-refractivity contribution in [2.75, 3.05) is 6.54 Å². The standard InChI is InChI=1S/C16H19N3S/c1-11-5-6-13(8-12(11)2)15-9-18-16(17)19(15)10-14-4-3-7-20-14/h3-8,15H,9-10H2,1-2H3,(H2,17,18). The molecule has 2 aromatic rings. The van der Waals surface area contributed by atoms with E-state index in [0.29, 0.717) is 5.96 Å². The lowest BCUT2D eigenvalue weighted by atomic mass is 10.0.